The minimum Gasteiger partial charge on any atom is -0.381 e. The SMILES string of the molecule is FC(F)(F)c1ccc(NCc2ccc(Cl)c(Br)c2)cc1. The van der Waals surface area contributed by atoms with Crippen molar-refractivity contribution < 1.29 is 13.2 Å². The molecule has 0 radical (unpaired) electrons. The van der Waals surface area contributed by atoms with Crippen LogP contribution in [0.15, 0.2) is 46.9 Å². The number of benzene rings is 2. The van der Waals surface area contributed by atoms with Gasteiger partial charge < -0.3 is 5.32 Å². The molecule has 0 saturated heterocycles. The molecule has 2 rings (SSSR count). The van der Waals surface area contributed by atoms with Crippen LogP contribution in [0.2, 0.25) is 5.02 Å². The Hall–Kier alpha value is -1.20. The van der Waals surface area contributed by atoms with Crippen LogP contribution in [0.25, 0.3) is 0 Å². The van der Waals surface area contributed by atoms with Crippen LogP contribution in [0, 0.1) is 0 Å². The summed E-state index contributed by atoms with van der Waals surface area (Å²) < 4.78 is 38.0. The maximum Gasteiger partial charge on any atom is 0.416 e. The first-order chi connectivity index (χ1) is 9.36. The quantitative estimate of drug-likeness (QED) is 0.733. The summed E-state index contributed by atoms with van der Waals surface area (Å²) in [7, 11) is 0. The fraction of sp³-hybridized carbons (Fsp3) is 0.143. The van der Waals surface area contributed by atoms with Gasteiger partial charge >= 0.3 is 6.18 Å². The van der Waals surface area contributed by atoms with Gasteiger partial charge in [0.2, 0.25) is 0 Å². The second kappa shape index (κ2) is 6.06. The van der Waals surface area contributed by atoms with E-state index in [2.05, 4.69) is 21.2 Å². The molecule has 0 aliphatic carbocycles. The van der Waals surface area contributed by atoms with Gasteiger partial charge in [-0.25, -0.2) is 0 Å². The topological polar surface area (TPSA) is 12.0 Å². The van der Waals surface area contributed by atoms with Crippen LogP contribution < -0.4 is 5.32 Å². The van der Waals surface area contributed by atoms with Gasteiger partial charge in [0, 0.05) is 16.7 Å². The lowest BCUT2D eigenvalue weighted by Crippen LogP contribution is -2.05. The van der Waals surface area contributed by atoms with E-state index in [1.807, 2.05) is 12.1 Å². The third kappa shape index (κ3) is 3.90. The van der Waals surface area contributed by atoms with Crippen molar-refractivity contribution in [2.24, 2.45) is 0 Å². The van der Waals surface area contributed by atoms with Crippen LogP contribution in [-0.2, 0) is 12.7 Å². The van der Waals surface area contributed by atoms with Gasteiger partial charge in [0.05, 0.1) is 10.6 Å². The summed E-state index contributed by atoms with van der Waals surface area (Å²) in [6.07, 6.45) is -4.31. The number of anilines is 1. The van der Waals surface area contributed by atoms with Gasteiger partial charge in [-0.05, 0) is 57.9 Å². The van der Waals surface area contributed by atoms with Crippen LogP contribution in [0.1, 0.15) is 11.1 Å². The zero-order chi connectivity index (χ0) is 14.8. The van der Waals surface area contributed by atoms with Crippen molar-refractivity contribution in [2.45, 2.75) is 12.7 Å². The Kier molecular flexibility index (Phi) is 4.60. The molecule has 20 heavy (non-hydrogen) atoms. The minimum atomic E-state index is -4.31. The maximum absolute atomic E-state index is 12.4. The van der Waals surface area contributed by atoms with Crippen molar-refractivity contribution >= 4 is 33.2 Å². The van der Waals surface area contributed by atoms with Crippen molar-refractivity contribution in [1.29, 1.82) is 0 Å². The van der Waals surface area contributed by atoms with Crippen LogP contribution in [-0.4, -0.2) is 0 Å². The molecular formula is C14H10BrClF3N. The summed E-state index contributed by atoms with van der Waals surface area (Å²) in [4.78, 5) is 0. The van der Waals surface area contributed by atoms with E-state index in [-0.39, 0.29) is 0 Å². The third-order valence-corrected chi connectivity index (χ3v) is 3.91. The Bertz CT molecular complexity index is 596. The van der Waals surface area contributed by atoms with Crippen LogP contribution in [0.5, 0.6) is 0 Å². The minimum absolute atomic E-state index is 0.501. The molecule has 106 valence electrons. The standard InChI is InChI=1S/C14H10BrClF3N/c15-12-7-9(1-6-13(12)16)8-20-11-4-2-10(3-5-11)14(17,18)19/h1-7,20H,8H2. The van der Waals surface area contributed by atoms with Gasteiger partial charge in [-0.2, -0.15) is 13.2 Å². The fourth-order valence-electron chi connectivity index (χ4n) is 1.63. The normalized spacial score (nSPS) is 11.4. The molecule has 0 saturated carbocycles. The first-order valence-corrected chi connectivity index (χ1v) is 6.88. The molecule has 1 N–H and O–H groups in total. The molecule has 6 heteroatoms. The number of rotatable bonds is 3. The molecule has 0 amide bonds. The van der Waals surface area contributed by atoms with Gasteiger partial charge in [-0.15, -0.1) is 0 Å². The average Bonchev–Trinajstić information content (AvgIpc) is 2.40. The first-order valence-electron chi connectivity index (χ1n) is 5.71. The highest BCUT2D eigenvalue weighted by Crippen LogP contribution is 2.30. The molecule has 0 unspecified atom stereocenters. The molecule has 0 aliphatic heterocycles. The van der Waals surface area contributed by atoms with Crippen molar-refractivity contribution in [3.63, 3.8) is 0 Å². The first kappa shape index (κ1) is 15.2. The Balaban J connectivity index is 2.02. The second-order valence-corrected chi connectivity index (χ2v) is 5.44. The Morgan fingerprint density at radius 2 is 1.70 bits per heavy atom. The van der Waals surface area contributed by atoms with Crippen molar-refractivity contribution in [2.75, 3.05) is 5.32 Å². The van der Waals surface area contributed by atoms with Crippen LogP contribution in [0.4, 0.5) is 18.9 Å². The zero-order valence-electron chi connectivity index (χ0n) is 10.1. The number of nitrogens with one attached hydrogen (secondary N) is 1. The predicted molar refractivity (Wildman–Crippen MR) is 77.9 cm³/mol. The van der Waals surface area contributed by atoms with E-state index in [1.165, 1.54) is 12.1 Å². The van der Waals surface area contributed by atoms with Crippen molar-refractivity contribution in [1.82, 2.24) is 0 Å². The molecule has 0 aromatic heterocycles. The molecule has 2 aromatic rings. The summed E-state index contributed by atoms with van der Waals surface area (Å²) in [5.74, 6) is 0. The number of halogens is 5. The maximum atomic E-state index is 12.4. The van der Waals surface area contributed by atoms with E-state index in [9.17, 15) is 13.2 Å². The van der Waals surface area contributed by atoms with Crippen LogP contribution >= 0.6 is 27.5 Å². The summed E-state index contributed by atoms with van der Waals surface area (Å²) in [6.45, 7) is 0.501. The van der Waals surface area contributed by atoms with E-state index in [4.69, 9.17) is 11.6 Å². The highest BCUT2D eigenvalue weighted by atomic mass is 79.9. The van der Waals surface area contributed by atoms with Crippen LogP contribution in [0.3, 0.4) is 0 Å². The van der Waals surface area contributed by atoms with E-state index in [1.54, 1.807) is 6.07 Å². The number of hydrogen-bond donors (Lipinski definition) is 1. The zero-order valence-corrected chi connectivity index (χ0v) is 12.5. The monoisotopic (exact) mass is 363 g/mol. The molecule has 0 aliphatic rings. The van der Waals surface area contributed by atoms with Gasteiger partial charge in [0.15, 0.2) is 0 Å². The average molecular weight is 365 g/mol. The highest BCUT2D eigenvalue weighted by Gasteiger charge is 2.29. The largest absolute Gasteiger partial charge is 0.416 e. The predicted octanol–water partition coefficient (Wildman–Crippen LogP) is 5.73. The second-order valence-electron chi connectivity index (χ2n) is 4.18. The molecule has 0 heterocycles. The van der Waals surface area contributed by atoms with Gasteiger partial charge in [-0.1, -0.05) is 17.7 Å². The lowest BCUT2D eigenvalue weighted by atomic mass is 10.2. The smallest absolute Gasteiger partial charge is 0.381 e. The molecule has 0 atom stereocenters. The molecule has 1 nitrogen and oxygen atoms in total. The third-order valence-electron chi connectivity index (χ3n) is 2.69. The Morgan fingerprint density at radius 1 is 1.05 bits per heavy atom. The fourth-order valence-corrected chi connectivity index (χ4v) is 2.17. The van der Waals surface area contributed by atoms with E-state index in [0.29, 0.717) is 17.3 Å². The highest BCUT2D eigenvalue weighted by molar-refractivity contribution is 9.10. The molecule has 0 bridgehead atoms. The van der Waals surface area contributed by atoms with Crippen molar-refractivity contribution in [3.8, 4) is 0 Å². The molecule has 0 spiro atoms. The summed E-state index contributed by atoms with van der Waals surface area (Å²) >= 11 is 9.20. The van der Waals surface area contributed by atoms with Gasteiger partial charge in [0.25, 0.3) is 0 Å². The Morgan fingerprint density at radius 3 is 2.25 bits per heavy atom. The lowest BCUT2D eigenvalue weighted by molar-refractivity contribution is -0.137. The summed E-state index contributed by atoms with van der Waals surface area (Å²) in [5.41, 5.74) is 0.947. The Labute approximate surface area is 127 Å². The van der Waals surface area contributed by atoms with Gasteiger partial charge in [-0.3, -0.25) is 0 Å². The summed E-state index contributed by atoms with van der Waals surface area (Å²) in [6, 6.07) is 10.4. The number of alkyl halides is 3. The van der Waals surface area contributed by atoms with Crippen molar-refractivity contribution in [3.05, 3.63) is 63.1 Å². The van der Waals surface area contributed by atoms with E-state index < -0.39 is 11.7 Å². The summed E-state index contributed by atoms with van der Waals surface area (Å²) in [5, 5.41) is 3.67. The lowest BCUT2D eigenvalue weighted by Gasteiger charge is -2.10. The molecular weight excluding hydrogens is 355 g/mol. The van der Waals surface area contributed by atoms with E-state index >= 15 is 0 Å². The van der Waals surface area contributed by atoms with Gasteiger partial charge in [0.1, 0.15) is 0 Å². The molecule has 2 aromatic carbocycles. The number of hydrogen-bond acceptors (Lipinski definition) is 1. The van der Waals surface area contributed by atoms with E-state index in [0.717, 1.165) is 22.2 Å². The molecule has 0 fully saturated rings.